The third kappa shape index (κ3) is 7.62. The van der Waals surface area contributed by atoms with Crippen molar-refractivity contribution in [2.45, 2.75) is 38.4 Å². The van der Waals surface area contributed by atoms with Crippen LogP contribution in [0.2, 0.25) is 0 Å². The van der Waals surface area contributed by atoms with Crippen LogP contribution in [0.15, 0.2) is 0 Å². The molecular formula is C14H30N2OS. The minimum absolute atomic E-state index is 0.440. The molecule has 1 rings (SSSR count). The minimum Gasteiger partial charge on any atom is -0.382 e. The first-order valence-corrected chi connectivity index (χ1v) is 8.27. The molecule has 1 aliphatic heterocycles. The van der Waals surface area contributed by atoms with Crippen molar-refractivity contribution in [1.82, 2.24) is 10.2 Å². The molecular weight excluding hydrogens is 244 g/mol. The van der Waals surface area contributed by atoms with Crippen molar-refractivity contribution in [2.75, 3.05) is 51.7 Å². The number of hydrogen-bond donors (Lipinski definition) is 1. The lowest BCUT2D eigenvalue weighted by molar-refractivity contribution is 0.143. The molecule has 0 spiro atoms. The molecule has 4 heteroatoms. The molecule has 0 aromatic carbocycles. The molecule has 0 saturated carbocycles. The Kier molecular flexibility index (Phi) is 8.31. The smallest absolute Gasteiger partial charge is 0.0466 e. The number of nitrogens with zero attached hydrogens (tertiary/aromatic N) is 1. The summed E-state index contributed by atoms with van der Waals surface area (Å²) in [5.74, 6) is 1.28. The zero-order valence-electron chi connectivity index (χ0n) is 12.3. The Hall–Kier alpha value is 0.230. The van der Waals surface area contributed by atoms with Crippen LogP contribution in [0, 0.1) is 0 Å². The Morgan fingerprint density at radius 2 is 2.11 bits per heavy atom. The maximum absolute atomic E-state index is 5.32. The van der Waals surface area contributed by atoms with E-state index in [0.717, 1.165) is 26.3 Å². The van der Waals surface area contributed by atoms with Gasteiger partial charge in [0.15, 0.2) is 0 Å². The highest BCUT2D eigenvalue weighted by atomic mass is 32.2. The third-order valence-corrected chi connectivity index (χ3v) is 4.50. The zero-order valence-corrected chi connectivity index (χ0v) is 13.2. The van der Waals surface area contributed by atoms with Gasteiger partial charge in [0.1, 0.15) is 0 Å². The van der Waals surface area contributed by atoms with Crippen molar-refractivity contribution < 1.29 is 4.74 Å². The van der Waals surface area contributed by atoms with Crippen LogP contribution in [-0.4, -0.2) is 61.3 Å². The van der Waals surface area contributed by atoms with E-state index >= 15 is 0 Å². The topological polar surface area (TPSA) is 24.5 Å². The SMILES string of the molecule is CCOCCCCNCCN1CCSC(C)(C)C1. The fourth-order valence-electron chi connectivity index (χ4n) is 2.27. The molecule has 0 bridgehead atoms. The van der Waals surface area contributed by atoms with E-state index in [1.165, 1.54) is 38.2 Å². The van der Waals surface area contributed by atoms with Gasteiger partial charge in [0.2, 0.25) is 0 Å². The van der Waals surface area contributed by atoms with Crippen LogP contribution in [0.5, 0.6) is 0 Å². The van der Waals surface area contributed by atoms with Gasteiger partial charge in [0, 0.05) is 49.9 Å². The van der Waals surface area contributed by atoms with Gasteiger partial charge in [-0.15, -0.1) is 0 Å². The van der Waals surface area contributed by atoms with Crippen LogP contribution in [0.1, 0.15) is 33.6 Å². The number of ether oxygens (including phenoxy) is 1. The van der Waals surface area contributed by atoms with Crippen molar-refractivity contribution in [3.05, 3.63) is 0 Å². The van der Waals surface area contributed by atoms with Gasteiger partial charge in [0.25, 0.3) is 0 Å². The molecule has 1 aliphatic rings. The van der Waals surface area contributed by atoms with E-state index in [-0.39, 0.29) is 0 Å². The monoisotopic (exact) mass is 274 g/mol. The predicted octanol–water partition coefficient (Wildman–Crippen LogP) is 2.22. The van der Waals surface area contributed by atoms with Crippen LogP contribution in [0.4, 0.5) is 0 Å². The fraction of sp³-hybridized carbons (Fsp3) is 1.00. The Labute approximate surface area is 117 Å². The second kappa shape index (κ2) is 9.18. The molecule has 18 heavy (non-hydrogen) atoms. The first-order valence-electron chi connectivity index (χ1n) is 7.29. The van der Waals surface area contributed by atoms with Gasteiger partial charge in [-0.2, -0.15) is 11.8 Å². The van der Waals surface area contributed by atoms with Gasteiger partial charge >= 0.3 is 0 Å². The van der Waals surface area contributed by atoms with Gasteiger partial charge in [-0.05, 0) is 40.2 Å². The van der Waals surface area contributed by atoms with Crippen molar-refractivity contribution in [2.24, 2.45) is 0 Å². The molecule has 0 aliphatic carbocycles. The molecule has 0 atom stereocenters. The lowest BCUT2D eigenvalue weighted by Crippen LogP contribution is -2.45. The predicted molar refractivity (Wildman–Crippen MR) is 81.6 cm³/mol. The standard InChI is InChI=1S/C14H30N2OS/c1-4-17-11-6-5-7-15-8-9-16-10-12-18-14(2,3)13-16/h15H,4-13H2,1-3H3. The highest BCUT2D eigenvalue weighted by Gasteiger charge is 2.26. The van der Waals surface area contributed by atoms with Crippen LogP contribution < -0.4 is 5.32 Å². The van der Waals surface area contributed by atoms with Gasteiger partial charge < -0.3 is 10.1 Å². The summed E-state index contributed by atoms with van der Waals surface area (Å²) in [7, 11) is 0. The lowest BCUT2D eigenvalue weighted by Gasteiger charge is -2.37. The molecule has 1 fully saturated rings. The number of hydrogen-bond acceptors (Lipinski definition) is 4. The van der Waals surface area contributed by atoms with E-state index in [0.29, 0.717) is 4.75 Å². The molecule has 0 radical (unpaired) electrons. The largest absolute Gasteiger partial charge is 0.382 e. The highest BCUT2D eigenvalue weighted by Crippen LogP contribution is 2.28. The summed E-state index contributed by atoms with van der Waals surface area (Å²) < 4.78 is 5.76. The maximum atomic E-state index is 5.32. The average molecular weight is 274 g/mol. The minimum atomic E-state index is 0.440. The summed E-state index contributed by atoms with van der Waals surface area (Å²) >= 11 is 2.10. The van der Waals surface area contributed by atoms with Crippen molar-refractivity contribution >= 4 is 11.8 Å². The van der Waals surface area contributed by atoms with Crippen LogP contribution in [-0.2, 0) is 4.74 Å². The molecule has 1 heterocycles. The number of thioether (sulfide) groups is 1. The van der Waals surface area contributed by atoms with Crippen LogP contribution in [0.3, 0.4) is 0 Å². The summed E-state index contributed by atoms with van der Waals surface area (Å²) in [5.41, 5.74) is 0. The summed E-state index contributed by atoms with van der Waals surface area (Å²) in [5, 5.41) is 3.53. The van der Waals surface area contributed by atoms with Crippen LogP contribution in [0.25, 0.3) is 0 Å². The molecule has 108 valence electrons. The highest BCUT2D eigenvalue weighted by molar-refractivity contribution is 8.00. The summed E-state index contributed by atoms with van der Waals surface area (Å²) in [6.45, 7) is 14.4. The quantitative estimate of drug-likeness (QED) is 0.652. The Bertz CT molecular complexity index is 212. The molecule has 1 N–H and O–H groups in total. The Balaban J connectivity index is 1.91. The lowest BCUT2D eigenvalue weighted by atomic mass is 10.2. The number of rotatable bonds is 9. The van der Waals surface area contributed by atoms with Crippen LogP contribution >= 0.6 is 11.8 Å². The van der Waals surface area contributed by atoms with E-state index in [9.17, 15) is 0 Å². The average Bonchev–Trinajstić information content (AvgIpc) is 2.31. The van der Waals surface area contributed by atoms with E-state index in [1.807, 2.05) is 0 Å². The maximum Gasteiger partial charge on any atom is 0.0466 e. The zero-order chi connectivity index (χ0) is 13.3. The van der Waals surface area contributed by atoms with E-state index in [2.05, 4.69) is 42.7 Å². The number of unbranched alkanes of at least 4 members (excludes halogenated alkanes) is 1. The molecule has 3 nitrogen and oxygen atoms in total. The Morgan fingerprint density at radius 1 is 1.28 bits per heavy atom. The summed E-state index contributed by atoms with van der Waals surface area (Å²) in [6, 6.07) is 0. The normalized spacial score (nSPS) is 20.2. The first kappa shape index (κ1) is 16.3. The van der Waals surface area contributed by atoms with Crippen molar-refractivity contribution in [3.8, 4) is 0 Å². The fourth-order valence-corrected chi connectivity index (χ4v) is 3.44. The summed E-state index contributed by atoms with van der Waals surface area (Å²) in [4.78, 5) is 2.59. The van der Waals surface area contributed by atoms with E-state index in [4.69, 9.17) is 4.74 Å². The summed E-state index contributed by atoms with van der Waals surface area (Å²) in [6.07, 6.45) is 2.40. The third-order valence-electron chi connectivity index (χ3n) is 3.21. The molecule has 0 aromatic rings. The molecule has 0 aromatic heterocycles. The van der Waals surface area contributed by atoms with Gasteiger partial charge in [-0.3, -0.25) is 4.90 Å². The van der Waals surface area contributed by atoms with E-state index < -0.39 is 0 Å². The second-order valence-corrected chi connectivity index (χ2v) is 7.34. The second-order valence-electron chi connectivity index (χ2n) is 5.54. The van der Waals surface area contributed by atoms with Crippen molar-refractivity contribution in [3.63, 3.8) is 0 Å². The van der Waals surface area contributed by atoms with E-state index in [1.54, 1.807) is 0 Å². The molecule has 1 saturated heterocycles. The van der Waals surface area contributed by atoms with Gasteiger partial charge in [0.05, 0.1) is 0 Å². The Morgan fingerprint density at radius 3 is 2.83 bits per heavy atom. The van der Waals surface area contributed by atoms with Crippen molar-refractivity contribution in [1.29, 1.82) is 0 Å². The number of nitrogens with one attached hydrogen (secondary N) is 1. The first-order chi connectivity index (χ1) is 8.64. The van der Waals surface area contributed by atoms with Gasteiger partial charge in [-0.25, -0.2) is 0 Å². The molecule has 0 amide bonds. The van der Waals surface area contributed by atoms with Gasteiger partial charge in [-0.1, -0.05) is 0 Å². The molecule has 0 unspecified atom stereocenters.